The van der Waals surface area contributed by atoms with Crippen molar-refractivity contribution in [2.45, 2.75) is 38.5 Å². The van der Waals surface area contributed by atoms with Crippen molar-refractivity contribution >= 4 is 17.4 Å². The molecule has 2 heteroatoms. The van der Waals surface area contributed by atoms with E-state index in [0.29, 0.717) is 0 Å². The molecule has 1 nitrogen and oxygen atoms in total. The van der Waals surface area contributed by atoms with Gasteiger partial charge in [-0.3, -0.25) is 0 Å². The molecule has 0 atom stereocenters. The second-order valence-corrected chi connectivity index (χ2v) is 5.60. The minimum atomic E-state index is 1.09. The summed E-state index contributed by atoms with van der Waals surface area (Å²) in [5.74, 6) is 1.28. The molecule has 0 saturated heterocycles. The molecule has 0 spiro atoms. The standard InChI is InChI=1S/C9H13N.C8H8S.C2H6/c1-3-8-6-4-5-7-9(8)10-2;1-2-4-8-7(3-1)5-6-9-8;1-2/h4-7,10H,3H2,1-2H3;1-4H,5-6H2;1-2H3. The first-order valence-electron chi connectivity index (χ1n) is 7.81. The number of para-hydroxylation sites is 1. The van der Waals surface area contributed by atoms with Crippen LogP contribution < -0.4 is 5.32 Å². The summed E-state index contributed by atoms with van der Waals surface area (Å²) in [4.78, 5) is 1.48. The first-order chi connectivity index (χ1) is 10.3. The Labute approximate surface area is 134 Å². The molecular formula is C19H27NS. The first-order valence-corrected chi connectivity index (χ1v) is 8.80. The number of rotatable bonds is 2. The Morgan fingerprint density at radius 3 is 2.29 bits per heavy atom. The lowest BCUT2D eigenvalue weighted by molar-refractivity contribution is 1.14. The van der Waals surface area contributed by atoms with Crippen molar-refractivity contribution in [1.82, 2.24) is 0 Å². The quantitative estimate of drug-likeness (QED) is 0.769. The molecule has 1 aliphatic heterocycles. The third kappa shape index (κ3) is 5.47. The predicted octanol–water partition coefficient (Wildman–Crippen LogP) is 5.65. The number of anilines is 1. The van der Waals surface area contributed by atoms with E-state index >= 15 is 0 Å². The maximum absolute atomic E-state index is 3.15. The van der Waals surface area contributed by atoms with Crippen LogP contribution in [0.5, 0.6) is 0 Å². The van der Waals surface area contributed by atoms with E-state index in [-0.39, 0.29) is 0 Å². The molecule has 114 valence electrons. The van der Waals surface area contributed by atoms with E-state index in [0.717, 1.165) is 6.42 Å². The van der Waals surface area contributed by atoms with Crippen LogP contribution in [0.15, 0.2) is 53.4 Å². The van der Waals surface area contributed by atoms with Gasteiger partial charge in [0.05, 0.1) is 0 Å². The Morgan fingerprint density at radius 1 is 1.00 bits per heavy atom. The molecule has 0 saturated carbocycles. The largest absolute Gasteiger partial charge is 0.388 e. The van der Waals surface area contributed by atoms with Gasteiger partial charge in [-0.2, -0.15) is 0 Å². The summed E-state index contributed by atoms with van der Waals surface area (Å²) < 4.78 is 0. The van der Waals surface area contributed by atoms with Gasteiger partial charge >= 0.3 is 0 Å². The van der Waals surface area contributed by atoms with E-state index < -0.39 is 0 Å². The third-order valence-electron chi connectivity index (χ3n) is 3.27. The van der Waals surface area contributed by atoms with Crippen molar-refractivity contribution in [3.05, 3.63) is 59.7 Å². The number of fused-ring (bicyclic) bond motifs is 1. The van der Waals surface area contributed by atoms with Gasteiger partial charge in [0.15, 0.2) is 0 Å². The highest BCUT2D eigenvalue weighted by molar-refractivity contribution is 7.99. The SMILES string of the molecule is CC.CCc1ccccc1NC.c1ccc2c(c1)CCS2. The molecule has 0 radical (unpaired) electrons. The molecular weight excluding hydrogens is 274 g/mol. The molecule has 0 unspecified atom stereocenters. The number of hydrogen-bond donors (Lipinski definition) is 1. The number of aryl methyl sites for hydroxylation is 2. The lowest BCUT2D eigenvalue weighted by Gasteiger charge is -2.04. The van der Waals surface area contributed by atoms with Crippen LogP contribution in [0.2, 0.25) is 0 Å². The van der Waals surface area contributed by atoms with Crippen molar-refractivity contribution in [3.8, 4) is 0 Å². The zero-order valence-electron chi connectivity index (χ0n) is 13.6. The van der Waals surface area contributed by atoms with Crippen molar-refractivity contribution in [3.63, 3.8) is 0 Å². The summed E-state index contributed by atoms with van der Waals surface area (Å²) in [6.07, 6.45) is 2.36. The molecule has 0 aliphatic carbocycles. The van der Waals surface area contributed by atoms with Crippen LogP contribution in [-0.2, 0) is 12.8 Å². The first kappa shape index (κ1) is 17.6. The molecule has 0 aromatic heterocycles. The minimum Gasteiger partial charge on any atom is -0.388 e. The second-order valence-electron chi connectivity index (χ2n) is 4.47. The lowest BCUT2D eigenvalue weighted by atomic mass is 10.1. The summed E-state index contributed by atoms with van der Waals surface area (Å²) in [5.41, 5.74) is 4.15. The fourth-order valence-electron chi connectivity index (χ4n) is 2.19. The third-order valence-corrected chi connectivity index (χ3v) is 4.39. The molecule has 3 rings (SSSR count). The smallest absolute Gasteiger partial charge is 0.0370 e. The zero-order chi connectivity index (χ0) is 15.5. The Hall–Kier alpha value is -1.41. The Balaban J connectivity index is 0.000000188. The van der Waals surface area contributed by atoms with Crippen molar-refractivity contribution < 1.29 is 0 Å². The van der Waals surface area contributed by atoms with Gasteiger partial charge in [0.1, 0.15) is 0 Å². The zero-order valence-corrected chi connectivity index (χ0v) is 14.5. The summed E-state index contributed by atoms with van der Waals surface area (Å²) in [5, 5.41) is 3.15. The molecule has 0 fully saturated rings. The van der Waals surface area contributed by atoms with Gasteiger partial charge in [0, 0.05) is 23.4 Å². The van der Waals surface area contributed by atoms with Crippen LogP contribution in [0.4, 0.5) is 5.69 Å². The van der Waals surface area contributed by atoms with Gasteiger partial charge in [-0.1, -0.05) is 57.2 Å². The van der Waals surface area contributed by atoms with Gasteiger partial charge < -0.3 is 5.32 Å². The van der Waals surface area contributed by atoms with Gasteiger partial charge in [-0.25, -0.2) is 0 Å². The van der Waals surface area contributed by atoms with Crippen molar-refractivity contribution in [2.24, 2.45) is 0 Å². The van der Waals surface area contributed by atoms with E-state index in [9.17, 15) is 0 Å². The maximum Gasteiger partial charge on any atom is 0.0370 e. The number of thioether (sulfide) groups is 1. The second kappa shape index (κ2) is 10.3. The van der Waals surface area contributed by atoms with Gasteiger partial charge in [-0.15, -0.1) is 11.8 Å². The Kier molecular flexibility index (Phi) is 8.68. The van der Waals surface area contributed by atoms with Crippen molar-refractivity contribution in [2.75, 3.05) is 18.1 Å². The molecule has 2 aromatic rings. The average Bonchev–Trinajstić information content (AvgIpc) is 3.06. The van der Waals surface area contributed by atoms with Crippen LogP contribution in [-0.4, -0.2) is 12.8 Å². The topological polar surface area (TPSA) is 12.0 Å². The van der Waals surface area contributed by atoms with Gasteiger partial charge in [-0.05, 0) is 36.1 Å². The van der Waals surface area contributed by atoms with Crippen LogP contribution >= 0.6 is 11.8 Å². The van der Waals surface area contributed by atoms with Gasteiger partial charge in [0.2, 0.25) is 0 Å². The molecule has 0 amide bonds. The summed E-state index contributed by atoms with van der Waals surface area (Å²) in [7, 11) is 1.95. The van der Waals surface area contributed by atoms with Crippen LogP contribution in [0.3, 0.4) is 0 Å². The maximum atomic E-state index is 3.15. The lowest BCUT2D eigenvalue weighted by Crippen LogP contribution is -1.92. The van der Waals surface area contributed by atoms with E-state index in [1.165, 1.54) is 33.9 Å². The summed E-state index contributed by atoms with van der Waals surface area (Å²) in [6.45, 7) is 6.16. The van der Waals surface area contributed by atoms with Crippen LogP contribution in [0.1, 0.15) is 31.9 Å². The van der Waals surface area contributed by atoms with E-state index in [4.69, 9.17) is 0 Å². The molecule has 1 aliphatic rings. The highest BCUT2D eigenvalue weighted by atomic mass is 32.2. The van der Waals surface area contributed by atoms with E-state index in [1.807, 2.05) is 38.7 Å². The molecule has 2 aromatic carbocycles. The minimum absolute atomic E-state index is 1.09. The average molecular weight is 301 g/mol. The molecule has 0 bridgehead atoms. The normalized spacial score (nSPS) is 11.4. The number of hydrogen-bond acceptors (Lipinski definition) is 2. The van der Waals surface area contributed by atoms with Crippen LogP contribution in [0, 0.1) is 0 Å². The fourth-order valence-corrected chi connectivity index (χ4v) is 3.27. The number of benzene rings is 2. The number of nitrogens with one attached hydrogen (secondary N) is 1. The molecule has 21 heavy (non-hydrogen) atoms. The summed E-state index contributed by atoms with van der Waals surface area (Å²) >= 11 is 1.97. The highest BCUT2D eigenvalue weighted by Gasteiger charge is 2.08. The highest BCUT2D eigenvalue weighted by Crippen LogP contribution is 2.30. The Morgan fingerprint density at radius 2 is 1.67 bits per heavy atom. The predicted molar refractivity (Wildman–Crippen MR) is 97.6 cm³/mol. The monoisotopic (exact) mass is 301 g/mol. The van der Waals surface area contributed by atoms with Gasteiger partial charge in [0.25, 0.3) is 0 Å². The molecule has 1 N–H and O–H groups in total. The fraction of sp³-hybridized carbons (Fsp3) is 0.368. The van der Waals surface area contributed by atoms with E-state index in [1.54, 1.807) is 0 Å². The van der Waals surface area contributed by atoms with Crippen LogP contribution in [0.25, 0.3) is 0 Å². The Bertz CT molecular complexity index is 476. The molecule has 1 heterocycles. The van der Waals surface area contributed by atoms with E-state index in [2.05, 4.69) is 54.7 Å². The van der Waals surface area contributed by atoms with Crippen molar-refractivity contribution in [1.29, 1.82) is 0 Å². The summed E-state index contributed by atoms with van der Waals surface area (Å²) in [6, 6.07) is 17.0.